The Morgan fingerprint density at radius 2 is 2.10 bits per heavy atom. The molecule has 0 bridgehead atoms. The van der Waals surface area contributed by atoms with Gasteiger partial charge in [-0.25, -0.2) is 4.98 Å². The molecule has 0 spiro atoms. The maximum atomic E-state index is 12.2. The lowest BCUT2D eigenvalue weighted by Gasteiger charge is -2.25. The quantitative estimate of drug-likeness (QED) is 0.864. The van der Waals surface area contributed by atoms with Crippen LogP contribution in [0.3, 0.4) is 0 Å². The Kier molecular flexibility index (Phi) is 4.29. The molecule has 1 aromatic heterocycles. The summed E-state index contributed by atoms with van der Waals surface area (Å²) in [5.74, 6) is 1.25. The molecule has 1 aliphatic heterocycles. The Morgan fingerprint density at radius 1 is 1.33 bits per heavy atom. The van der Waals surface area contributed by atoms with Crippen LogP contribution in [0.5, 0.6) is 0 Å². The number of nitrogens with zero attached hydrogens (tertiary/aromatic N) is 2. The SMILES string of the molecule is O=C1NCCCC1n1c(CCCl)nc2cc(Cl)c(Cl)cc21. The van der Waals surface area contributed by atoms with E-state index in [9.17, 15) is 4.79 Å². The predicted octanol–water partition coefficient (Wildman–Crippen LogP) is 3.58. The van der Waals surface area contributed by atoms with Gasteiger partial charge in [-0.2, -0.15) is 0 Å². The third-order valence-corrected chi connectivity index (χ3v) is 4.60. The number of aryl methyl sites for hydroxylation is 1. The number of amides is 1. The number of rotatable bonds is 3. The fourth-order valence-electron chi connectivity index (χ4n) is 2.75. The van der Waals surface area contributed by atoms with Gasteiger partial charge in [-0.15, -0.1) is 11.6 Å². The van der Waals surface area contributed by atoms with Crippen molar-refractivity contribution in [3.05, 3.63) is 28.0 Å². The van der Waals surface area contributed by atoms with Crippen molar-refractivity contribution in [2.24, 2.45) is 0 Å². The zero-order valence-electron chi connectivity index (χ0n) is 11.2. The molecule has 1 unspecified atom stereocenters. The van der Waals surface area contributed by atoms with Crippen molar-refractivity contribution in [1.82, 2.24) is 14.9 Å². The normalized spacial score (nSPS) is 19.0. The molecule has 1 aliphatic rings. The van der Waals surface area contributed by atoms with Crippen molar-refractivity contribution in [3.8, 4) is 0 Å². The lowest BCUT2D eigenvalue weighted by molar-refractivity contribution is -0.125. The van der Waals surface area contributed by atoms with Gasteiger partial charge < -0.3 is 9.88 Å². The van der Waals surface area contributed by atoms with Crippen LogP contribution < -0.4 is 5.32 Å². The first kappa shape index (κ1) is 14.9. The summed E-state index contributed by atoms with van der Waals surface area (Å²) in [6, 6.07) is 3.24. The van der Waals surface area contributed by atoms with Gasteiger partial charge >= 0.3 is 0 Å². The Hall–Kier alpha value is -0.970. The van der Waals surface area contributed by atoms with Crippen LogP contribution in [-0.2, 0) is 11.2 Å². The smallest absolute Gasteiger partial charge is 0.243 e. The molecular weight excluding hydrogens is 333 g/mol. The standard InChI is InChI=1S/C14H14Cl3N3O/c15-4-3-13-19-10-6-8(16)9(17)7-12(10)20(13)11-2-1-5-18-14(11)21/h6-7,11H,1-5H2,(H,18,21). The third kappa shape index (κ3) is 2.72. The first-order valence-corrected chi connectivity index (χ1v) is 8.10. The number of fused-ring (bicyclic) bond motifs is 1. The molecule has 4 nitrogen and oxygen atoms in total. The van der Waals surface area contributed by atoms with Crippen LogP contribution >= 0.6 is 34.8 Å². The van der Waals surface area contributed by atoms with Gasteiger partial charge in [0.25, 0.3) is 0 Å². The summed E-state index contributed by atoms with van der Waals surface area (Å²) >= 11 is 18.0. The summed E-state index contributed by atoms with van der Waals surface area (Å²) in [4.78, 5) is 16.8. The number of piperidine rings is 1. The molecule has 1 aromatic carbocycles. The summed E-state index contributed by atoms with van der Waals surface area (Å²) in [7, 11) is 0. The van der Waals surface area contributed by atoms with Gasteiger partial charge in [-0.3, -0.25) is 4.79 Å². The van der Waals surface area contributed by atoms with Crippen LogP contribution in [0.2, 0.25) is 10.0 Å². The molecule has 1 N–H and O–H groups in total. The van der Waals surface area contributed by atoms with Crippen molar-refractivity contribution < 1.29 is 4.79 Å². The van der Waals surface area contributed by atoms with E-state index in [2.05, 4.69) is 10.3 Å². The second-order valence-electron chi connectivity index (χ2n) is 5.04. The topological polar surface area (TPSA) is 46.9 Å². The number of carbonyl (C=O) groups is 1. The monoisotopic (exact) mass is 345 g/mol. The van der Waals surface area contributed by atoms with Crippen molar-refractivity contribution in [1.29, 1.82) is 0 Å². The van der Waals surface area contributed by atoms with Crippen molar-refractivity contribution in [2.45, 2.75) is 25.3 Å². The van der Waals surface area contributed by atoms with Crippen molar-refractivity contribution in [3.63, 3.8) is 0 Å². The lowest BCUT2D eigenvalue weighted by atomic mass is 10.1. The number of imidazole rings is 1. The first-order chi connectivity index (χ1) is 10.1. The molecule has 1 saturated heterocycles. The van der Waals surface area contributed by atoms with E-state index in [-0.39, 0.29) is 11.9 Å². The van der Waals surface area contributed by atoms with Gasteiger partial charge in [0, 0.05) is 18.8 Å². The van der Waals surface area contributed by atoms with E-state index in [1.54, 1.807) is 12.1 Å². The summed E-state index contributed by atoms with van der Waals surface area (Å²) in [5.41, 5.74) is 1.56. The van der Waals surface area contributed by atoms with E-state index in [0.717, 1.165) is 36.2 Å². The molecule has 2 aromatic rings. The van der Waals surface area contributed by atoms with Gasteiger partial charge in [0.2, 0.25) is 5.91 Å². The second kappa shape index (κ2) is 6.03. The van der Waals surface area contributed by atoms with Crippen molar-refractivity contribution in [2.75, 3.05) is 12.4 Å². The molecule has 1 fully saturated rings. The highest BCUT2D eigenvalue weighted by atomic mass is 35.5. The molecule has 7 heteroatoms. The van der Waals surface area contributed by atoms with Gasteiger partial charge in [-0.1, -0.05) is 23.2 Å². The minimum atomic E-state index is -0.265. The summed E-state index contributed by atoms with van der Waals surface area (Å²) in [6.07, 6.45) is 2.32. The number of aromatic nitrogens is 2. The van der Waals surface area contributed by atoms with E-state index in [4.69, 9.17) is 34.8 Å². The largest absolute Gasteiger partial charge is 0.354 e. The van der Waals surface area contributed by atoms with Crippen LogP contribution in [0.4, 0.5) is 0 Å². The highest BCUT2D eigenvalue weighted by Gasteiger charge is 2.27. The number of hydrogen-bond acceptors (Lipinski definition) is 2. The zero-order valence-corrected chi connectivity index (χ0v) is 13.5. The highest BCUT2D eigenvalue weighted by Crippen LogP contribution is 2.32. The Morgan fingerprint density at radius 3 is 2.81 bits per heavy atom. The zero-order chi connectivity index (χ0) is 15.0. The van der Waals surface area contributed by atoms with Crippen LogP contribution in [0.25, 0.3) is 11.0 Å². The number of carbonyl (C=O) groups excluding carboxylic acids is 1. The summed E-state index contributed by atoms with van der Waals surface area (Å²) in [5, 5.41) is 3.82. The predicted molar refractivity (Wildman–Crippen MR) is 85.5 cm³/mol. The van der Waals surface area contributed by atoms with E-state index in [1.807, 2.05) is 4.57 Å². The fraction of sp³-hybridized carbons (Fsp3) is 0.429. The molecule has 2 heterocycles. The highest BCUT2D eigenvalue weighted by molar-refractivity contribution is 6.42. The summed E-state index contributed by atoms with van der Waals surface area (Å²) < 4.78 is 1.95. The number of alkyl halides is 1. The van der Waals surface area contributed by atoms with E-state index in [0.29, 0.717) is 22.3 Å². The molecular formula is C14H14Cl3N3O. The average Bonchev–Trinajstić information content (AvgIpc) is 2.78. The minimum absolute atomic E-state index is 0.0162. The van der Waals surface area contributed by atoms with E-state index < -0.39 is 0 Å². The fourth-order valence-corrected chi connectivity index (χ4v) is 3.24. The Labute approximate surface area is 137 Å². The minimum Gasteiger partial charge on any atom is -0.354 e. The third-order valence-electron chi connectivity index (χ3n) is 3.69. The van der Waals surface area contributed by atoms with Crippen LogP contribution in [0.1, 0.15) is 24.7 Å². The van der Waals surface area contributed by atoms with Gasteiger partial charge in [-0.05, 0) is 25.0 Å². The van der Waals surface area contributed by atoms with Crippen LogP contribution in [0, 0.1) is 0 Å². The molecule has 1 amide bonds. The molecule has 1 atom stereocenters. The molecule has 0 aliphatic carbocycles. The van der Waals surface area contributed by atoms with Gasteiger partial charge in [0.05, 0.1) is 21.1 Å². The van der Waals surface area contributed by atoms with E-state index >= 15 is 0 Å². The summed E-state index contributed by atoms with van der Waals surface area (Å²) in [6.45, 7) is 0.722. The second-order valence-corrected chi connectivity index (χ2v) is 6.23. The van der Waals surface area contributed by atoms with Gasteiger partial charge in [0.1, 0.15) is 11.9 Å². The molecule has 112 valence electrons. The van der Waals surface area contributed by atoms with Crippen LogP contribution in [-0.4, -0.2) is 27.9 Å². The molecule has 0 radical (unpaired) electrons. The number of benzene rings is 1. The van der Waals surface area contributed by atoms with Crippen LogP contribution in [0.15, 0.2) is 12.1 Å². The Bertz CT molecular complexity index is 698. The Balaban J connectivity index is 2.19. The lowest BCUT2D eigenvalue weighted by Crippen LogP contribution is -2.38. The number of hydrogen-bond donors (Lipinski definition) is 1. The van der Waals surface area contributed by atoms with Gasteiger partial charge in [0.15, 0.2) is 0 Å². The first-order valence-electron chi connectivity index (χ1n) is 6.81. The maximum absolute atomic E-state index is 12.2. The van der Waals surface area contributed by atoms with E-state index in [1.165, 1.54) is 0 Å². The molecule has 21 heavy (non-hydrogen) atoms. The maximum Gasteiger partial charge on any atom is 0.243 e. The molecule has 0 saturated carbocycles. The molecule has 3 rings (SSSR count). The number of nitrogens with one attached hydrogen (secondary N) is 1. The number of halogens is 3. The van der Waals surface area contributed by atoms with Crippen molar-refractivity contribution >= 4 is 51.7 Å². The average molecular weight is 347 g/mol.